The van der Waals surface area contributed by atoms with Gasteiger partial charge in [-0.25, -0.2) is 0 Å². The van der Waals surface area contributed by atoms with Crippen LogP contribution in [0.4, 0.5) is 0 Å². The summed E-state index contributed by atoms with van der Waals surface area (Å²) >= 11 is 1.94. The van der Waals surface area contributed by atoms with E-state index in [2.05, 4.69) is 25.4 Å². The summed E-state index contributed by atoms with van der Waals surface area (Å²) in [5.74, 6) is 2.14. The third kappa shape index (κ3) is 8.21. The maximum absolute atomic E-state index is 3.43. The molecule has 0 rings (SSSR count). The zero-order valence-electron chi connectivity index (χ0n) is 8.02. The molecule has 0 heterocycles. The van der Waals surface area contributed by atoms with Crippen LogP contribution >= 0.6 is 11.8 Å². The fourth-order valence-corrected chi connectivity index (χ4v) is 1.58. The minimum Gasteiger partial charge on any atom is -0.316 e. The quantitative estimate of drug-likeness (QED) is 0.596. The Kier molecular flexibility index (Phi) is 8.64. The first kappa shape index (κ1) is 11.3. The molecule has 0 bridgehead atoms. The summed E-state index contributed by atoms with van der Waals surface area (Å²) in [6.07, 6.45) is 4.76. The van der Waals surface area contributed by atoms with Crippen LogP contribution in [0, 0.1) is 5.92 Å². The predicted molar refractivity (Wildman–Crippen MR) is 55.3 cm³/mol. The molecule has 0 radical (unpaired) electrons. The van der Waals surface area contributed by atoms with E-state index in [1.807, 2.05) is 11.8 Å². The van der Waals surface area contributed by atoms with E-state index < -0.39 is 0 Å². The van der Waals surface area contributed by atoms with Crippen LogP contribution in [-0.4, -0.2) is 25.1 Å². The Morgan fingerprint density at radius 1 is 1.45 bits per heavy atom. The van der Waals surface area contributed by atoms with E-state index in [1.165, 1.54) is 31.7 Å². The van der Waals surface area contributed by atoms with Gasteiger partial charge in [-0.2, -0.15) is 11.8 Å². The van der Waals surface area contributed by atoms with Gasteiger partial charge in [-0.3, -0.25) is 0 Å². The highest BCUT2D eigenvalue weighted by Crippen LogP contribution is 2.05. The molecule has 68 valence electrons. The molecular weight excluding hydrogens is 154 g/mol. The van der Waals surface area contributed by atoms with Crippen molar-refractivity contribution in [3.8, 4) is 0 Å². The SMILES string of the molecule is CCCNCC(C)CCSC. The summed E-state index contributed by atoms with van der Waals surface area (Å²) in [5.41, 5.74) is 0. The normalized spacial score (nSPS) is 13.4. The van der Waals surface area contributed by atoms with Crippen LogP contribution in [0.1, 0.15) is 26.7 Å². The lowest BCUT2D eigenvalue weighted by molar-refractivity contribution is 0.503. The molecule has 11 heavy (non-hydrogen) atoms. The van der Waals surface area contributed by atoms with E-state index in [1.54, 1.807) is 0 Å². The molecule has 0 aromatic rings. The lowest BCUT2D eigenvalue weighted by Gasteiger charge is -2.10. The Morgan fingerprint density at radius 2 is 2.18 bits per heavy atom. The molecule has 0 saturated heterocycles. The van der Waals surface area contributed by atoms with Gasteiger partial charge in [-0.15, -0.1) is 0 Å². The molecule has 1 atom stereocenters. The lowest BCUT2D eigenvalue weighted by atomic mass is 10.1. The summed E-state index contributed by atoms with van der Waals surface area (Å²) in [6, 6.07) is 0. The van der Waals surface area contributed by atoms with Crippen molar-refractivity contribution in [2.24, 2.45) is 5.92 Å². The molecule has 0 aliphatic rings. The van der Waals surface area contributed by atoms with Gasteiger partial charge in [0, 0.05) is 0 Å². The average Bonchev–Trinajstić information content (AvgIpc) is 2.01. The van der Waals surface area contributed by atoms with Gasteiger partial charge in [0.15, 0.2) is 0 Å². The Bertz CT molecular complexity index is 76.0. The maximum Gasteiger partial charge on any atom is -0.00229 e. The fraction of sp³-hybridized carbons (Fsp3) is 1.00. The van der Waals surface area contributed by atoms with Crippen molar-refractivity contribution in [3.63, 3.8) is 0 Å². The Morgan fingerprint density at radius 3 is 2.73 bits per heavy atom. The third-order valence-electron chi connectivity index (χ3n) is 1.73. The highest BCUT2D eigenvalue weighted by atomic mass is 32.2. The van der Waals surface area contributed by atoms with Crippen molar-refractivity contribution in [3.05, 3.63) is 0 Å². The number of nitrogens with one attached hydrogen (secondary N) is 1. The van der Waals surface area contributed by atoms with Crippen molar-refractivity contribution < 1.29 is 0 Å². The van der Waals surface area contributed by atoms with Crippen LogP contribution in [0.3, 0.4) is 0 Å². The number of thioether (sulfide) groups is 1. The van der Waals surface area contributed by atoms with E-state index in [0.29, 0.717) is 0 Å². The zero-order chi connectivity index (χ0) is 8.53. The van der Waals surface area contributed by atoms with Crippen LogP contribution in [0.25, 0.3) is 0 Å². The molecule has 1 N–H and O–H groups in total. The van der Waals surface area contributed by atoms with Crippen molar-refractivity contribution in [1.82, 2.24) is 5.32 Å². The summed E-state index contributed by atoms with van der Waals surface area (Å²) < 4.78 is 0. The van der Waals surface area contributed by atoms with Gasteiger partial charge in [0.05, 0.1) is 0 Å². The van der Waals surface area contributed by atoms with E-state index in [9.17, 15) is 0 Å². The second-order valence-corrected chi connectivity index (χ2v) is 4.08. The molecule has 0 aliphatic carbocycles. The topological polar surface area (TPSA) is 12.0 Å². The number of hydrogen-bond acceptors (Lipinski definition) is 2. The van der Waals surface area contributed by atoms with Crippen LogP contribution < -0.4 is 5.32 Å². The standard InChI is InChI=1S/C9H21NS/c1-4-6-10-8-9(2)5-7-11-3/h9-10H,4-8H2,1-3H3. The molecule has 0 fully saturated rings. The third-order valence-corrected chi connectivity index (χ3v) is 2.38. The average molecular weight is 175 g/mol. The second-order valence-electron chi connectivity index (χ2n) is 3.09. The lowest BCUT2D eigenvalue weighted by Crippen LogP contribution is -2.22. The molecule has 0 spiro atoms. The first-order valence-corrected chi connectivity index (χ1v) is 5.90. The molecule has 0 aromatic heterocycles. The van der Waals surface area contributed by atoms with E-state index in [0.717, 1.165) is 5.92 Å². The molecule has 0 amide bonds. The highest BCUT2D eigenvalue weighted by molar-refractivity contribution is 7.98. The molecule has 1 nitrogen and oxygen atoms in total. The summed E-state index contributed by atoms with van der Waals surface area (Å²) in [5, 5.41) is 3.43. The van der Waals surface area contributed by atoms with E-state index >= 15 is 0 Å². The summed E-state index contributed by atoms with van der Waals surface area (Å²) in [6.45, 7) is 6.89. The van der Waals surface area contributed by atoms with Crippen molar-refractivity contribution >= 4 is 11.8 Å². The van der Waals surface area contributed by atoms with Gasteiger partial charge in [0.2, 0.25) is 0 Å². The summed E-state index contributed by atoms with van der Waals surface area (Å²) in [4.78, 5) is 0. The van der Waals surface area contributed by atoms with Crippen LogP contribution in [0.15, 0.2) is 0 Å². The van der Waals surface area contributed by atoms with Gasteiger partial charge in [0.25, 0.3) is 0 Å². The second kappa shape index (κ2) is 8.41. The number of hydrogen-bond donors (Lipinski definition) is 1. The number of rotatable bonds is 7. The van der Waals surface area contributed by atoms with Crippen LogP contribution in [0.2, 0.25) is 0 Å². The van der Waals surface area contributed by atoms with Crippen molar-refractivity contribution in [1.29, 1.82) is 0 Å². The van der Waals surface area contributed by atoms with Gasteiger partial charge < -0.3 is 5.32 Å². The molecule has 0 aliphatic heterocycles. The monoisotopic (exact) mass is 175 g/mol. The Labute approximate surface area is 75.3 Å². The van der Waals surface area contributed by atoms with Crippen LogP contribution in [0.5, 0.6) is 0 Å². The van der Waals surface area contributed by atoms with E-state index in [-0.39, 0.29) is 0 Å². The van der Waals surface area contributed by atoms with Crippen LogP contribution in [-0.2, 0) is 0 Å². The van der Waals surface area contributed by atoms with Gasteiger partial charge in [0.1, 0.15) is 0 Å². The minimum atomic E-state index is 0.842. The first-order chi connectivity index (χ1) is 5.31. The van der Waals surface area contributed by atoms with Crippen molar-refractivity contribution in [2.75, 3.05) is 25.1 Å². The van der Waals surface area contributed by atoms with Gasteiger partial charge >= 0.3 is 0 Å². The van der Waals surface area contributed by atoms with Gasteiger partial charge in [-0.1, -0.05) is 13.8 Å². The van der Waals surface area contributed by atoms with Gasteiger partial charge in [-0.05, 0) is 43.9 Å². The first-order valence-electron chi connectivity index (χ1n) is 4.50. The fourth-order valence-electron chi connectivity index (χ4n) is 0.946. The molecule has 2 heteroatoms. The Balaban J connectivity index is 3.02. The predicted octanol–water partition coefficient (Wildman–Crippen LogP) is 2.38. The Hall–Kier alpha value is 0.310. The molecular formula is C9H21NS. The summed E-state index contributed by atoms with van der Waals surface area (Å²) in [7, 11) is 0. The largest absolute Gasteiger partial charge is 0.316 e. The maximum atomic E-state index is 3.43. The minimum absolute atomic E-state index is 0.842. The molecule has 1 unspecified atom stereocenters. The smallest absolute Gasteiger partial charge is 0.00229 e. The molecule has 0 saturated carbocycles. The van der Waals surface area contributed by atoms with Crippen molar-refractivity contribution in [2.45, 2.75) is 26.7 Å². The van der Waals surface area contributed by atoms with E-state index in [4.69, 9.17) is 0 Å². The zero-order valence-corrected chi connectivity index (χ0v) is 8.84. The highest BCUT2D eigenvalue weighted by Gasteiger charge is 1.99. The molecule has 0 aromatic carbocycles.